The Morgan fingerprint density at radius 3 is 2.48 bits per heavy atom. The minimum absolute atomic E-state index is 0.0537. The molecule has 1 aromatic heterocycles. The predicted molar refractivity (Wildman–Crippen MR) is 81.6 cm³/mol. The van der Waals surface area contributed by atoms with Crippen LogP contribution in [0, 0.1) is 5.82 Å². The second-order valence-corrected chi connectivity index (χ2v) is 5.50. The molecule has 1 aromatic carbocycles. The van der Waals surface area contributed by atoms with Gasteiger partial charge in [-0.1, -0.05) is 12.1 Å². The topological polar surface area (TPSA) is 68.5 Å². The summed E-state index contributed by atoms with van der Waals surface area (Å²) in [6.07, 6.45) is 1.16. The van der Waals surface area contributed by atoms with Gasteiger partial charge in [-0.2, -0.15) is 0 Å². The smallest absolute Gasteiger partial charge is 0.308 e. The van der Waals surface area contributed by atoms with Crippen LogP contribution in [0.4, 0.5) is 4.39 Å². The number of esters is 1. The van der Waals surface area contributed by atoms with Crippen molar-refractivity contribution in [3.63, 3.8) is 0 Å². The second kappa shape index (κ2) is 6.83. The summed E-state index contributed by atoms with van der Waals surface area (Å²) >= 11 is 5.79. The SMILES string of the molecule is COC(=O)CC(C)(NC(=O)c1ccoc1Cl)c1ccc(F)cc1. The van der Waals surface area contributed by atoms with Gasteiger partial charge in [0, 0.05) is 0 Å². The summed E-state index contributed by atoms with van der Waals surface area (Å²) in [4.78, 5) is 24.1. The van der Waals surface area contributed by atoms with E-state index >= 15 is 0 Å². The number of carbonyl (C=O) groups excluding carboxylic acids is 2. The van der Waals surface area contributed by atoms with Crippen LogP contribution in [0.25, 0.3) is 0 Å². The summed E-state index contributed by atoms with van der Waals surface area (Å²) in [5.41, 5.74) is -0.402. The number of halogens is 2. The summed E-state index contributed by atoms with van der Waals surface area (Å²) < 4.78 is 22.7. The maximum absolute atomic E-state index is 13.1. The number of methoxy groups -OCH3 is 1. The zero-order chi connectivity index (χ0) is 17.0. The molecule has 0 aliphatic carbocycles. The Bertz CT molecular complexity index is 713. The van der Waals surface area contributed by atoms with E-state index in [9.17, 15) is 14.0 Å². The van der Waals surface area contributed by atoms with Gasteiger partial charge in [-0.25, -0.2) is 4.39 Å². The number of carbonyl (C=O) groups is 2. The second-order valence-electron chi connectivity index (χ2n) is 5.15. The first kappa shape index (κ1) is 17.0. The van der Waals surface area contributed by atoms with Gasteiger partial charge in [0.15, 0.2) is 0 Å². The Kier molecular flexibility index (Phi) is 5.05. The van der Waals surface area contributed by atoms with Gasteiger partial charge in [-0.3, -0.25) is 9.59 Å². The lowest BCUT2D eigenvalue weighted by molar-refractivity contribution is -0.142. The van der Waals surface area contributed by atoms with Gasteiger partial charge in [-0.05, 0) is 42.3 Å². The van der Waals surface area contributed by atoms with Crippen molar-refractivity contribution in [3.05, 3.63) is 58.8 Å². The van der Waals surface area contributed by atoms with E-state index in [1.54, 1.807) is 6.92 Å². The van der Waals surface area contributed by atoms with Gasteiger partial charge in [-0.15, -0.1) is 0 Å². The quantitative estimate of drug-likeness (QED) is 0.849. The third-order valence-electron chi connectivity index (χ3n) is 3.46. The molecule has 1 unspecified atom stereocenters. The summed E-state index contributed by atoms with van der Waals surface area (Å²) in [6.45, 7) is 1.64. The molecule has 0 aliphatic heterocycles. The van der Waals surface area contributed by atoms with Crippen LogP contribution in [0.3, 0.4) is 0 Å². The van der Waals surface area contributed by atoms with Crippen LogP contribution in [0.2, 0.25) is 5.22 Å². The lowest BCUT2D eigenvalue weighted by atomic mass is 9.88. The van der Waals surface area contributed by atoms with Crippen LogP contribution in [-0.2, 0) is 15.1 Å². The fourth-order valence-corrected chi connectivity index (χ4v) is 2.37. The normalized spacial score (nSPS) is 13.2. The first-order valence-electron chi connectivity index (χ1n) is 6.74. The number of hydrogen-bond donors (Lipinski definition) is 1. The van der Waals surface area contributed by atoms with Crippen molar-refractivity contribution in [2.75, 3.05) is 7.11 Å². The highest BCUT2D eigenvalue weighted by molar-refractivity contribution is 6.32. The first-order valence-corrected chi connectivity index (χ1v) is 7.12. The van der Waals surface area contributed by atoms with E-state index in [0.29, 0.717) is 5.56 Å². The Morgan fingerprint density at radius 1 is 1.30 bits per heavy atom. The van der Waals surface area contributed by atoms with Gasteiger partial charge >= 0.3 is 5.97 Å². The molecule has 5 nitrogen and oxygen atoms in total. The van der Waals surface area contributed by atoms with Crippen molar-refractivity contribution in [2.24, 2.45) is 0 Å². The highest BCUT2D eigenvalue weighted by Crippen LogP contribution is 2.27. The molecular formula is C16H15ClFNO4. The third-order valence-corrected chi connectivity index (χ3v) is 3.75. The number of furan rings is 1. The summed E-state index contributed by atoms with van der Waals surface area (Å²) in [5.74, 6) is -1.45. The molecule has 23 heavy (non-hydrogen) atoms. The van der Waals surface area contributed by atoms with Crippen molar-refractivity contribution < 1.29 is 23.1 Å². The molecule has 0 saturated heterocycles. The van der Waals surface area contributed by atoms with Crippen LogP contribution in [0.5, 0.6) is 0 Å². The van der Waals surface area contributed by atoms with Gasteiger partial charge in [0.2, 0.25) is 5.22 Å². The lowest BCUT2D eigenvalue weighted by Gasteiger charge is -2.30. The van der Waals surface area contributed by atoms with Crippen molar-refractivity contribution >= 4 is 23.5 Å². The molecule has 7 heteroatoms. The molecule has 122 valence electrons. The maximum Gasteiger partial charge on any atom is 0.308 e. The van der Waals surface area contributed by atoms with Crippen LogP contribution >= 0.6 is 11.6 Å². The molecule has 0 aliphatic rings. The molecule has 1 amide bonds. The molecule has 0 spiro atoms. The minimum Gasteiger partial charge on any atom is -0.469 e. The lowest BCUT2D eigenvalue weighted by Crippen LogP contribution is -2.45. The molecule has 1 N–H and O–H groups in total. The maximum atomic E-state index is 13.1. The van der Waals surface area contributed by atoms with E-state index < -0.39 is 23.2 Å². The summed E-state index contributed by atoms with van der Waals surface area (Å²) in [7, 11) is 1.25. The van der Waals surface area contributed by atoms with E-state index in [-0.39, 0.29) is 17.2 Å². The van der Waals surface area contributed by atoms with Gasteiger partial charge < -0.3 is 14.5 Å². The van der Waals surface area contributed by atoms with Gasteiger partial charge in [0.25, 0.3) is 5.91 Å². The number of amides is 1. The van der Waals surface area contributed by atoms with Gasteiger partial charge in [0.05, 0.1) is 30.9 Å². The van der Waals surface area contributed by atoms with E-state index in [1.807, 2.05) is 0 Å². The summed E-state index contributed by atoms with van der Waals surface area (Å²) in [6, 6.07) is 6.91. The molecule has 0 saturated carbocycles. The van der Waals surface area contributed by atoms with Gasteiger partial charge in [0.1, 0.15) is 5.82 Å². The standard InChI is InChI=1S/C16H15ClFNO4/c1-16(9-13(20)22-2,10-3-5-11(18)6-4-10)19-15(21)12-7-8-23-14(12)17/h3-8H,9H2,1-2H3,(H,19,21). The zero-order valence-corrected chi connectivity index (χ0v) is 13.3. The van der Waals surface area contributed by atoms with E-state index in [0.717, 1.165) is 0 Å². The van der Waals surface area contributed by atoms with Crippen LogP contribution < -0.4 is 5.32 Å². The first-order chi connectivity index (χ1) is 10.9. The Balaban J connectivity index is 2.33. The third kappa shape index (κ3) is 3.90. The van der Waals surface area contributed by atoms with Crippen molar-refractivity contribution in [2.45, 2.75) is 18.9 Å². The predicted octanol–water partition coefficient (Wildman–Crippen LogP) is 3.28. The average molecular weight is 340 g/mol. The fourth-order valence-electron chi connectivity index (χ4n) is 2.17. The van der Waals surface area contributed by atoms with Crippen LogP contribution in [-0.4, -0.2) is 19.0 Å². The molecule has 0 fully saturated rings. The molecule has 0 bridgehead atoms. The molecule has 1 heterocycles. The number of benzene rings is 1. The van der Waals surface area contributed by atoms with Crippen molar-refractivity contribution in [1.82, 2.24) is 5.32 Å². The molecule has 0 radical (unpaired) electrons. The number of ether oxygens (including phenoxy) is 1. The largest absolute Gasteiger partial charge is 0.469 e. The monoisotopic (exact) mass is 339 g/mol. The number of nitrogens with one attached hydrogen (secondary N) is 1. The molecular weight excluding hydrogens is 325 g/mol. The van der Waals surface area contributed by atoms with E-state index in [2.05, 4.69) is 10.1 Å². The van der Waals surface area contributed by atoms with E-state index in [4.69, 9.17) is 16.0 Å². The minimum atomic E-state index is -1.10. The highest BCUT2D eigenvalue weighted by atomic mass is 35.5. The van der Waals surface area contributed by atoms with Crippen LogP contribution in [0.15, 0.2) is 41.0 Å². The molecule has 2 rings (SSSR count). The average Bonchev–Trinajstić information content (AvgIpc) is 2.93. The zero-order valence-electron chi connectivity index (χ0n) is 12.6. The Hall–Kier alpha value is -2.34. The van der Waals surface area contributed by atoms with Crippen molar-refractivity contribution in [3.8, 4) is 0 Å². The Labute approximate surface area is 137 Å². The van der Waals surface area contributed by atoms with Crippen molar-refractivity contribution in [1.29, 1.82) is 0 Å². The fraction of sp³-hybridized carbons (Fsp3) is 0.250. The Morgan fingerprint density at radius 2 is 1.96 bits per heavy atom. The number of rotatable bonds is 5. The van der Waals surface area contributed by atoms with E-state index in [1.165, 1.54) is 43.7 Å². The summed E-state index contributed by atoms with van der Waals surface area (Å²) in [5, 5.41) is 2.68. The highest BCUT2D eigenvalue weighted by Gasteiger charge is 2.33. The molecule has 1 atom stereocenters. The number of hydrogen-bond acceptors (Lipinski definition) is 4. The van der Waals surface area contributed by atoms with Crippen LogP contribution in [0.1, 0.15) is 29.3 Å². The molecule has 2 aromatic rings.